The minimum Gasteiger partial charge on any atom is -0.385 e. The third-order valence-electron chi connectivity index (χ3n) is 4.76. The number of rotatable bonds is 8. The lowest BCUT2D eigenvalue weighted by Crippen LogP contribution is -2.43. The third kappa shape index (κ3) is 6.23. The zero-order valence-electron chi connectivity index (χ0n) is 15.1. The minimum absolute atomic E-state index is 0. The third-order valence-corrected chi connectivity index (χ3v) is 4.76. The molecule has 1 aliphatic rings. The van der Waals surface area contributed by atoms with Crippen LogP contribution in [0.3, 0.4) is 0 Å². The maximum Gasteiger partial charge on any atom is 0.191 e. The molecule has 1 heterocycles. The van der Waals surface area contributed by atoms with Gasteiger partial charge in [0.1, 0.15) is 0 Å². The Morgan fingerprint density at radius 2 is 2.12 bits per heavy atom. The molecule has 7 heteroatoms. The van der Waals surface area contributed by atoms with Crippen LogP contribution in [0.4, 0.5) is 0 Å². The molecule has 0 unspecified atom stereocenters. The first-order valence-electron chi connectivity index (χ1n) is 8.59. The lowest BCUT2D eigenvalue weighted by atomic mass is 9.83. The second-order valence-corrected chi connectivity index (χ2v) is 6.37. The van der Waals surface area contributed by atoms with Crippen molar-refractivity contribution in [2.45, 2.75) is 52.0 Å². The van der Waals surface area contributed by atoms with E-state index >= 15 is 0 Å². The van der Waals surface area contributed by atoms with Gasteiger partial charge in [0.15, 0.2) is 11.7 Å². The Bertz CT molecular complexity index is 499. The van der Waals surface area contributed by atoms with Crippen molar-refractivity contribution in [2.75, 3.05) is 27.3 Å². The fraction of sp³-hybridized carbons (Fsp3) is 0.765. The van der Waals surface area contributed by atoms with Crippen LogP contribution >= 0.6 is 24.0 Å². The van der Waals surface area contributed by atoms with Gasteiger partial charge in [-0.15, -0.1) is 24.0 Å². The molecule has 0 saturated heterocycles. The lowest BCUT2D eigenvalue weighted by Gasteiger charge is -2.29. The largest absolute Gasteiger partial charge is 0.385 e. The Balaban J connectivity index is 0.00000288. The molecule has 1 saturated carbocycles. The second-order valence-electron chi connectivity index (χ2n) is 6.37. The Morgan fingerprint density at radius 3 is 2.71 bits per heavy atom. The number of nitrogens with zero attached hydrogens (tertiary/aromatic N) is 2. The summed E-state index contributed by atoms with van der Waals surface area (Å²) < 4.78 is 10.6. The number of halogens is 1. The molecule has 1 aromatic heterocycles. The number of aryl methyl sites for hydroxylation is 1. The number of hydrogen-bond donors (Lipinski definition) is 2. The number of methoxy groups -OCH3 is 1. The maximum atomic E-state index is 5.29. The fourth-order valence-corrected chi connectivity index (χ4v) is 3.23. The molecule has 0 bridgehead atoms. The summed E-state index contributed by atoms with van der Waals surface area (Å²) in [6.45, 7) is 4.42. The van der Waals surface area contributed by atoms with Crippen LogP contribution in [0.5, 0.6) is 0 Å². The normalized spacial score (nSPS) is 16.7. The summed E-state index contributed by atoms with van der Waals surface area (Å²) in [5, 5.41) is 10.8. The molecule has 2 rings (SSSR count). The number of hydrogen-bond acceptors (Lipinski definition) is 4. The smallest absolute Gasteiger partial charge is 0.191 e. The van der Waals surface area contributed by atoms with Crippen molar-refractivity contribution in [3.8, 4) is 0 Å². The molecule has 1 aliphatic carbocycles. The molecular weight excluding hydrogens is 419 g/mol. The molecular formula is C17H31IN4O2. The lowest BCUT2D eigenvalue weighted by molar-refractivity contribution is 0.138. The van der Waals surface area contributed by atoms with Crippen molar-refractivity contribution in [2.24, 2.45) is 10.4 Å². The molecule has 24 heavy (non-hydrogen) atoms. The highest BCUT2D eigenvalue weighted by atomic mass is 127. The van der Waals surface area contributed by atoms with Crippen molar-refractivity contribution in [1.29, 1.82) is 0 Å². The van der Waals surface area contributed by atoms with E-state index in [-0.39, 0.29) is 24.0 Å². The van der Waals surface area contributed by atoms with Gasteiger partial charge in [-0.2, -0.15) is 0 Å². The van der Waals surface area contributed by atoms with Gasteiger partial charge in [0, 0.05) is 33.4 Å². The van der Waals surface area contributed by atoms with Gasteiger partial charge in [0.25, 0.3) is 0 Å². The van der Waals surface area contributed by atoms with E-state index in [0.29, 0.717) is 12.0 Å². The van der Waals surface area contributed by atoms with Crippen molar-refractivity contribution in [3.05, 3.63) is 17.5 Å². The first-order valence-corrected chi connectivity index (χ1v) is 8.59. The van der Waals surface area contributed by atoms with Crippen LogP contribution < -0.4 is 10.6 Å². The monoisotopic (exact) mass is 450 g/mol. The molecule has 2 N–H and O–H groups in total. The van der Waals surface area contributed by atoms with E-state index in [4.69, 9.17) is 9.26 Å². The summed E-state index contributed by atoms with van der Waals surface area (Å²) >= 11 is 0. The van der Waals surface area contributed by atoms with Crippen molar-refractivity contribution >= 4 is 29.9 Å². The van der Waals surface area contributed by atoms with E-state index in [2.05, 4.69) is 27.7 Å². The highest BCUT2D eigenvalue weighted by Crippen LogP contribution is 2.40. The zero-order chi connectivity index (χ0) is 16.5. The highest BCUT2D eigenvalue weighted by Gasteiger charge is 2.33. The summed E-state index contributed by atoms with van der Waals surface area (Å²) in [6.07, 6.45) is 7.16. The molecule has 138 valence electrons. The van der Waals surface area contributed by atoms with Gasteiger partial charge in [0.2, 0.25) is 0 Å². The molecule has 0 spiro atoms. The highest BCUT2D eigenvalue weighted by molar-refractivity contribution is 14.0. The molecule has 0 radical (unpaired) electrons. The van der Waals surface area contributed by atoms with E-state index in [1.54, 1.807) is 14.2 Å². The number of nitrogens with one attached hydrogen (secondary N) is 2. The molecule has 0 aromatic carbocycles. The molecule has 0 aliphatic heterocycles. The number of ether oxygens (including phenoxy) is 1. The Kier molecular flexibility index (Phi) is 9.65. The Morgan fingerprint density at radius 1 is 1.38 bits per heavy atom. The van der Waals surface area contributed by atoms with Gasteiger partial charge >= 0.3 is 0 Å². The number of aromatic nitrogens is 1. The maximum absolute atomic E-state index is 5.29. The van der Waals surface area contributed by atoms with Crippen LogP contribution in [0.25, 0.3) is 0 Å². The summed E-state index contributed by atoms with van der Waals surface area (Å²) in [4.78, 5) is 4.30. The Hall–Kier alpha value is -0.830. The standard InChI is InChI=1S/C17H30N4O2.HI/c1-4-14-11-15(23-21-14)12-19-16(18-2)20-13-17(9-10-22-3)7-5-6-8-17;/h11H,4-10,12-13H2,1-3H3,(H2,18,19,20);1H. The van der Waals surface area contributed by atoms with Crippen molar-refractivity contribution in [3.63, 3.8) is 0 Å². The predicted molar refractivity (Wildman–Crippen MR) is 107 cm³/mol. The predicted octanol–water partition coefficient (Wildman–Crippen LogP) is 3.12. The number of guanidine groups is 1. The first kappa shape index (κ1) is 21.2. The van der Waals surface area contributed by atoms with E-state index in [1.165, 1.54) is 25.7 Å². The van der Waals surface area contributed by atoms with Crippen LogP contribution in [-0.4, -0.2) is 38.4 Å². The van der Waals surface area contributed by atoms with Crippen LogP contribution in [0, 0.1) is 5.41 Å². The van der Waals surface area contributed by atoms with Crippen molar-refractivity contribution < 1.29 is 9.26 Å². The van der Waals surface area contributed by atoms with Crippen LogP contribution in [0.15, 0.2) is 15.6 Å². The van der Waals surface area contributed by atoms with Crippen molar-refractivity contribution in [1.82, 2.24) is 15.8 Å². The minimum atomic E-state index is 0. The van der Waals surface area contributed by atoms with Gasteiger partial charge in [-0.05, 0) is 31.1 Å². The molecule has 6 nitrogen and oxygen atoms in total. The first-order chi connectivity index (χ1) is 11.2. The van der Waals surface area contributed by atoms with Crippen LogP contribution in [0.2, 0.25) is 0 Å². The quantitative estimate of drug-likeness (QED) is 0.362. The number of aliphatic imine (C=N–C) groups is 1. The van der Waals surface area contributed by atoms with Crippen LogP contribution in [-0.2, 0) is 17.7 Å². The van der Waals surface area contributed by atoms with Gasteiger partial charge in [-0.3, -0.25) is 4.99 Å². The summed E-state index contributed by atoms with van der Waals surface area (Å²) in [5.41, 5.74) is 1.32. The van der Waals surface area contributed by atoms with Gasteiger partial charge in [-0.1, -0.05) is 24.9 Å². The second kappa shape index (κ2) is 10.9. The Labute approximate surface area is 162 Å². The van der Waals surface area contributed by atoms with E-state index in [1.807, 2.05) is 6.07 Å². The fourth-order valence-electron chi connectivity index (χ4n) is 3.23. The summed E-state index contributed by atoms with van der Waals surface area (Å²) in [6, 6.07) is 1.98. The molecule has 1 fully saturated rings. The van der Waals surface area contributed by atoms with E-state index in [0.717, 1.165) is 43.4 Å². The summed E-state index contributed by atoms with van der Waals surface area (Å²) in [7, 11) is 3.57. The van der Waals surface area contributed by atoms with E-state index < -0.39 is 0 Å². The molecule has 0 atom stereocenters. The van der Waals surface area contributed by atoms with Gasteiger partial charge in [0.05, 0.1) is 12.2 Å². The van der Waals surface area contributed by atoms with Gasteiger partial charge in [-0.25, -0.2) is 0 Å². The summed E-state index contributed by atoms with van der Waals surface area (Å²) in [5.74, 6) is 1.64. The average molecular weight is 450 g/mol. The van der Waals surface area contributed by atoms with E-state index in [9.17, 15) is 0 Å². The molecule has 1 aromatic rings. The average Bonchev–Trinajstić information content (AvgIpc) is 3.23. The molecule has 0 amide bonds. The topological polar surface area (TPSA) is 71.7 Å². The van der Waals surface area contributed by atoms with Gasteiger partial charge < -0.3 is 19.9 Å². The zero-order valence-corrected chi connectivity index (χ0v) is 17.4. The SMILES string of the molecule is CCc1cc(CNC(=NC)NCC2(CCOC)CCCC2)on1.I. The van der Waals surface area contributed by atoms with Crippen LogP contribution in [0.1, 0.15) is 50.5 Å².